The summed E-state index contributed by atoms with van der Waals surface area (Å²) in [6.45, 7) is 2.55. The number of nitrogens with zero attached hydrogens (tertiary/aromatic N) is 2. The zero-order valence-corrected chi connectivity index (χ0v) is 22.5. The van der Waals surface area contributed by atoms with Crippen LogP contribution in [0.2, 0.25) is 0 Å². The Morgan fingerprint density at radius 1 is 1.14 bits per heavy atom. The first-order chi connectivity index (χ1) is 17.4. The van der Waals surface area contributed by atoms with Gasteiger partial charge in [-0.3, -0.25) is 19.3 Å². The number of benzene rings is 2. The van der Waals surface area contributed by atoms with E-state index in [-0.39, 0.29) is 36.2 Å². The number of hydrogen-bond acceptors (Lipinski definition) is 4. The second-order valence-corrected chi connectivity index (χ2v) is 11.2. The lowest BCUT2D eigenvalue weighted by Crippen LogP contribution is -2.35. The van der Waals surface area contributed by atoms with Gasteiger partial charge in [-0.2, -0.15) is 0 Å². The fourth-order valence-corrected chi connectivity index (χ4v) is 6.13. The summed E-state index contributed by atoms with van der Waals surface area (Å²) in [6, 6.07) is 13.9. The van der Waals surface area contributed by atoms with Gasteiger partial charge >= 0.3 is 0 Å². The molecule has 2 fully saturated rings. The smallest absolute Gasteiger partial charge is 0.293 e. The van der Waals surface area contributed by atoms with Gasteiger partial charge in [-0.25, -0.2) is 0 Å². The van der Waals surface area contributed by atoms with Crippen molar-refractivity contribution in [2.75, 3.05) is 0 Å². The van der Waals surface area contributed by atoms with E-state index in [1.165, 1.54) is 17.7 Å². The number of halogens is 1. The molecule has 3 amide bonds. The van der Waals surface area contributed by atoms with E-state index in [0.717, 1.165) is 63.1 Å². The highest BCUT2D eigenvalue weighted by Gasteiger charge is 2.35. The van der Waals surface area contributed by atoms with E-state index in [2.05, 4.69) is 34.2 Å². The highest BCUT2D eigenvalue weighted by atomic mass is 79.9. The van der Waals surface area contributed by atoms with Gasteiger partial charge in [0.1, 0.15) is 6.54 Å². The molecule has 0 bridgehead atoms. The van der Waals surface area contributed by atoms with Crippen molar-refractivity contribution >= 4 is 61.7 Å². The minimum absolute atomic E-state index is 0.00563. The number of carbonyl (C=O) groups is 3. The van der Waals surface area contributed by atoms with Gasteiger partial charge in [-0.1, -0.05) is 66.0 Å². The molecule has 1 N–H and O–H groups in total. The molecular weight excluding hydrogens is 538 g/mol. The highest BCUT2D eigenvalue weighted by Crippen LogP contribution is 2.35. The van der Waals surface area contributed by atoms with Crippen molar-refractivity contribution in [3.63, 3.8) is 0 Å². The number of para-hydroxylation sites is 1. The zero-order chi connectivity index (χ0) is 25.2. The van der Waals surface area contributed by atoms with Crippen molar-refractivity contribution in [2.45, 2.75) is 58.2 Å². The first-order valence-electron chi connectivity index (χ1n) is 12.3. The molecule has 186 valence electrons. The van der Waals surface area contributed by atoms with Crippen molar-refractivity contribution in [1.29, 1.82) is 0 Å². The molecule has 0 unspecified atom stereocenters. The molecule has 36 heavy (non-hydrogen) atoms. The second-order valence-electron chi connectivity index (χ2n) is 9.32. The van der Waals surface area contributed by atoms with Crippen LogP contribution >= 0.6 is 27.7 Å². The van der Waals surface area contributed by atoms with Gasteiger partial charge in [-0.15, -0.1) is 0 Å². The minimum atomic E-state index is -0.292. The maximum Gasteiger partial charge on any atom is 0.293 e. The lowest BCUT2D eigenvalue weighted by Gasteiger charge is -2.13. The van der Waals surface area contributed by atoms with Crippen LogP contribution in [0.25, 0.3) is 17.0 Å². The van der Waals surface area contributed by atoms with Crippen LogP contribution in [0.5, 0.6) is 0 Å². The summed E-state index contributed by atoms with van der Waals surface area (Å²) in [7, 11) is 0. The van der Waals surface area contributed by atoms with Crippen LogP contribution in [0.1, 0.15) is 49.3 Å². The molecule has 1 aliphatic heterocycles. The molecule has 1 saturated heterocycles. The number of thioether (sulfide) groups is 1. The van der Waals surface area contributed by atoms with E-state index >= 15 is 0 Å². The fourth-order valence-electron chi connectivity index (χ4n) is 5.04. The van der Waals surface area contributed by atoms with Crippen LogP contribution in [0.4, 0.5) is 4.79 Å². The van der Waals surface area contributed by atoms with Crippen molar-refractivity contribution < 1.29 is 14.4 Å². The number of hydrogen-bond donors (Lipinski definition) is 1. The number of fused-ring (bicyclic) bond motifs is 1. The van der Waals surface area contributed by atoms with Gasteiger partial charge in [0.05, 0.1) is 17.0 Å². The van der Waals surface area contributed by atoms with Gasteiger partial charge in [-0.05, 0) is 60.4 Å². The molecule has 3 aromatic rings. The fraction of sp³-hybridized carbons (Fsp3) is 0.321. The molecule has 2 heterocycles. The molecule has 1 saturated carbocycles. The zero-order valence-electron chi connectivity index (χ0n) is 20.1. The molecule has 2 aliphatic rings. The summed E-state index contributed by atoms with van der Waals surface area (Å²) < 4.78 is 2.93. The van der Waals surface area contributed by atoms with Gasteiger partial charge in [0, 0.05) is 27.7 Å². The largest absolute Gasteiger partial charge is 0.352 e. The number of carbonyl (C=O) groups excluding carboxylic acids is 3. The van der Waals surface area contributed by atoms with Crippen molar-refractivity contribution in [3.05, 3.63) is 74.7 Å². The molecule has 1 aromatic heterocycles. The summed E-state index contributed by atoms with van der Waals surface area (Å²) >= 11 is 4.37. The molecule has 5 rings (SSSR count). The Morgan fingerprint density at radius 3 is 2.61 bits per heavy atom. The van der Waals surface area contributed by atoms with E-state index in [0.29, 0.717) is 4.91 Å². The number of nitrogens with one attached hydrogen (secondary N) is 1. The lowest BCUT2D eigenvalue weighted by molar-refractivity contribution is -0.123. The third-order valence-electron chi connectivity index (χ3n) is 6.84. The molecule has 8 heteroatoms. The Bertz CT molecular complexity index is 1360. The normalized spacial score (nSPS) is 17.6. The third-order valence-corrected chi connectivity index (χ3v) is 8.28. The second kappa shape index (κ2) is 10.6. The Hall–Kier alpha value is -2.84. The first kappa shape index (κ1) is 24.8. The van der Waals surface area contributed by atoms with Gasteiger partial charge in [0.25, 0.3) is 11.1 Å². The van der Waals surface area contributed by atoms with Crippen molar-refractivity contribution in [3.8, 4) is 0 Å². The summed E-state index contributed by atoms with van der Waals surface area (Å²) in [5.74, 6) is -0.287. The number of aryl methyl sites for hydroxylation is 1. The quantitative estimate of drug-likeness (QED) is 0.343. The monoisotopic (exact) mass is 565 g/mol. The Labute approximate surface area is 223 Å². The lowest BCUT2D eigenvalue weighted by atomic mass is 10.1. The molecule has 2 aromatic carbocycles. The average Bonchev–Trinajstić information content (AvgIpc) is 3.56. The number of aromatic nitrogens is 1. The highest BCUT2D eigenvalue weighted by molar-refractivity contribution is 9.10. The molecule has 1 aliphatic carbocycles. The van der Waals surface area contributed by atoms with E-state index in [4.69, 9.17) is 0 Å². The number of amides is 3. The molecule has 0 atom stereocenters. The van der Waals surface area contributed by atoms with Crippen LogP contribution < -0.4 is 5.32 Å². The predicted octanol–water partition coefficient (Wildman–Crippen LogP) is 6.26. The summed E-state index contributed by atoms with van der Waals surface area (Å²) in [6.07, 6.45) is 8.96. The molecular formula is C28H28BrN3O3S. The van der Waals surface area contributed by atoms with Crippen LogP contribution in [0.3, 0.4) is 0 Å². The molecule has 0 spiro atoms. The molecule has 0 radical (unpaired) electrons. The van der Waals surface area contributed by atoms with Crippen LogP contribution in [-0.2, 0) is 29.1 Å². The first-order valence-corrected chi connectivity index (χ1v) is 13.9. The van der Waals surface area contributed by atoms with Crippen LogP contribution in [0, 0.1) is 0 Å². The van der Waals surface area contributed by atoms with E-state index < -0.39 is 0 Å². The van der Waals surface area contributed by atoms with E-state index in [1.807, 2.05) is 47.2 Å². The van der Waals surface area contributed by atoms with Crippen molar-refractivity contribution in [1.82, 2.24) is 14.8 Å². The van der Waals surface area contributed by atoms with E-state index in [1.54, 1.807) is 6.08 Å². The standard InChI is InChI=1S/C28H28BrN3O3S/c1-2-19-6-5-9-23-20(16-31(26(19)23)17-25(33)30-22-7-3-4-8-22)14-24-27(34)32(28(35)36-24)15-18-10-12-21(29)13-11-18/h5-6,9-14,16,22H,2-4,7-8,15,17H2,1H3,(H,30,33)/b24-14-. The Balaban J connectivity index is 1.43. The summed E-state index contributed by atoms with van der Waals surface area (Å²) in [5, 5.41) is 3.87. The predicted molar refractivity (Wildman–Crippen MR) is 147 cm³/mol. The van der Waals surface area contributed by atoms with Gasteiger partial charge in [0.2, 0.25) is 5.91 Å². The van der Waals surface area contributed by atoms with E-state index in [9.17, 15) is 14.4 Å². The Kier molecular flexibility index (Phi) is 7.34. The SMILES string of the molecule is CCc1cccc2c(/C=C3\SC(=O)N(Cc4ccc(Br)cc4)C3=O)cn(CC(=O)NC3CCCC3)c12. The average molecular weight is 567 g/mol. The summed E-state index contributed by atoms with van der Waals surface area (Å²) in [4.78, 5) is 40.4. The third kappa shape index (κ3) is 5.15. The summed E-state index contributed by atoms with van der Waals surface area (Å²) in [5.41, 5.74) is 3.87. The topological polar surface area (TPSA) is 71.4 Å². The van der Waals surface area contributed by atoms with Crippen LogP contribution in [0.15, 0.2) is 58.0 Å². The maximum absolute atomic E-state index is 13.2. The van der Waals surface area contributed by atoms with Gasteiger partial charge < -0.3 is 9.88 Å². The van der Waals surface area contributed by atoms with Crippen LogP contribution in [-0.4, -0.2) is 32.6 Å². The number of rotatable bonds is 7. The van der Waals surface area contributed by atoms with Gasteiger partial charge in [0.15, 0.2) is 0 Å². The Morgan fingerprint density at radius 2 is 1.89 bits per heavy atom. The minimum Gasteiger partial charge on any atom is -0.352 e. The maximum atomic E-state index is 13.2. The van der Waals surface area contributed by atoms with Crippen molar-refractivity contribution in [2.24, 2.45) is 0 Å². The molecule has 6 nitrogen and oxygen atoms in total. The number of imide groups is 1.